The number of benzene rings is 1. The van der Waals surface area contributed by atoms with Crippen molar-refractivity contribution in [3.05, 3.63) is 41.8 Å². The highest BCUT2D eigenvalue weighted by Gasteiger charge is 2.15. The zero-order valence-electron chi connectivity index (χ0n) is 8.87. The first-order valence-corrected chi connectivity index (χ1v) is 5.00. The topological polar surface area (TPSA) is 17.8 Å². The summed E-state index contributed by atoms with van der Waals surface area (Å²) in [6.07, 6.45) is 0.657. The van der Waals surface area contributed by atoms with Gasteiger partial charge in [-0.25, -0.2) is 4.68 Å². The number of hydrogen-bond acceptors (Lipinski definition) is 1. The SMILES string of the molecule is CCc1c(-c2ccccc2)nn(C)c1F. The molecular weight excluding hydrogens is 191 g/mol. The van der Waals surface area contributed by atoms with Gasteiger partial charge >= 0.3 is 0 Å². The minimum absolute atomic E-state index is 0.239. The number of aryl methyl sites for hydroxylation is 1. The first-order chi connectivity index (χ1) is 7.24. The molecule has 2 rings (SSSR count). The Morgan fingerprint density at radius 1 is 1.27 bits per heavy atom. The molecule has 0 atom stereocenters. The van der Waals surface area contributed by atoms with E-state index in [4.69, 9.17) is 0 Å². The van der Waals surface area contributed by atoms with Crippen LogP contribution in [-0.4, -0.2) is 9.78 Å². The molecule has 78 valence electrons. The first-order valence-electron chi connectivity index (χ1n) is 5.00. The summed E-state index contributed by atoms with van der Waals surface area (Å²) in [6, 6.07) is 9.69. The minimum atomic E-state index is -0.239. The van der Waals surface area contributed by atoms with E-state index in [9.17, 15) is 4.39 Å². The summed E-state index contributed by atoms with van der Waals surface area (Å²) >= 11 is 0. The molecule has 1 aromatic carbocycles. The Kier molecular flexibility index (Phi) is 2.54. The summed E-state index contributed by atoms with van der Waals surface area (Å²) in [5.74, 6) is -0.239. The average Bonchev–Trinajstić information content (AvgIpc) is 2.56. The largest absolute Gasteiger partial charge is 0.242 e. The quantitative estimate of drug-likeness (QED) is 0.735. The van der Waals surface area contributed by atoms with Gasteiger partial charge in [0.1, 0.15) is 0 Å². The maximum atomic E-state index is 13.6. The molecule has 0 aliphatic heterocycles. The summed E-state index contributed by atoms with van der Waals surface area (Å²) in [6.45, 7) is 1.94. The van der Waals surface area contributed by atoms with Crippen LogP contribution in [0.4, 0.5) is 4.39 Å². The van der Waals surface area contributed by atoms with Crippen molar-refractivity contribution in [2.45, 2.75) is 13.3 Å². The minimum Gasteiger partial charge on any atom is -0.242 e. The van der Waals surface area contributed by atoms with Crippen molar-refractivity contribution in [3.8, 4) is 11.3 Å². The molecule has 0 unspecified atom stereocenters. The van der Waals surface area contributed by atoms with E-state index in [2.05, 4.69) is 5.10 Å². The summed E-state index contributed by atoms with van der Waals surface area (Å²) in [4.78, 5) is 0. The summed E-state index contributed by atoms with van der Waals surface area (Å²) in [7, 11) is 1.63. The van der Waals surface area contributed by atoms with Gasteiger partial charge in [0.05, 0.1) is 5.69 Å². The zero-order valence-corrected chi connectivity index (χ0v) is 8.87. The first kappa shape index (κ1) is 9.90. The third kappa shape index (κ3) is 1.65. The molecule has 0 N–H and O–H groups in total. The van der Waals surface area contributed by atoms with Gasteiger partial charge in [-0.1, -0.05) is 37.3 Å². The van der Waals surface area contributed by atoms with E-state index in [0.717, 1.165) is 11.3 Å². The fraction of sp³-hybridized carbons (Fsp3) is 0.250. The number of rotatable bonds is 2. The van der Waals surface area contributed by atoms with Crippen LogP contribution in [0.2, 0.25) is 0 Å². The Morgan fingerprint density at radius 3 is 2.53 bits per heavy atom. The van der Waals surface area contributed by atoms with Crippen LogP contribution in [0.3, 0.4) is 0 Å². The fourth-order valence-electron chi connectivity index (χ4n) is 1.69. The van der Waals surface area contributed by atoms with Crippen molar-refractivity contribution in [1.82, 2.24) is 9.78 Å². The summed E-state index contributed by atoms with van der Waals surface area (Å²) < 4.78 is 14.9. The third-order valence-electron chi connectivity index (χ3n) is 2.47. The smallest absolute Gasteiger partial charge is 0.215 e. The molecule has 0 bridgehead atoms. The average molecular weight is 204 g/mol. The van der Waals surface area contributed by atoms with Gasteiger partial charge < -0.3 is 0 Å². The lowest BCUT2D eigenvalue weighted by atomic mass is 10.1. The number of aromatic nitrogens is 2. The zero-order chi connectivity index (χ0) is 10.8. The van der Waals surface area contributed by atoms with Gasteiger partial charge in [-0.05, 0) is 6.42 Å². The molecule has 0 amide bonds. The molecule has 3 heteroatoms. The second-order valence-corrected chi connectivity index (χ2v) is 3.46. The maximum Gasteiger partial charge on any atom is 0.215 e. The molecule has 0 fully saturated rings. The highest BCUT2D eigenvalue weighted by atomic mass is 19.1. The molecular formula is C12H13FN2. The van der Waals surface area contributed by atoms with Crippen LogP contribution < -0.4 is 0 Å². The van der Waals surface area contributed by atoms with Gasteiger partial charge in [0.15, 0.2) is 0 Å². The van der Waals surface area contributed by atoms with Crippen molar-refractivity contribution < 1.29 is 4.39 Å². The van der Waals surface area contributed by atoms with Crippen LogP contribution in [0.1, 0.15) is 12.5 Å². The normalized spacial score (nSPS) is 10.6. The maximum absolute atomic E-state index is 13.6. The van der Waals surface area contributed by atoms with Gasteiger partial charge in [0.2, 0.25) is 5.95 Å². The third-order valence-corrected chi connectivity index (χ3v) is 2.47. The Bertz CT molecular complexity index is 460. The van der Waals surface area contributed by atoms with E-state index in [1.165, 1.54) is 4.68 Å². The van der Waals surface area contributed by atoms with Crippen LogP contribution in [-0.2, 0) is 13.5 Å². The Labute approximate surface area is 88.4 Å². The molecule has 1 heterocycles. The van der Waals surface area contributed by atoms with Crippen molar-refractivity contribution in [2.75, 3.05) is 0 Å². The number of halogens is 1. The lowest BCUT2D eigenvalue weighted by Crippen LogP contribution is -1.94. The fourth-order valence-corrected chi connectivity index (χ4v) is 1.69. The van der Waals surface area contributed by atoms with E-state index in [1.54, 1.807) is 7.05 Å². The lowest BCUT2D eigenvalue weighted by Gasteiger charge is -1.98. The molecule has 0 aliphatic carbocycles. The van der Waals surface area contributed by atoms with Crippen molar-refractivity contribution in [1.29, 1.82) is 0 Å². The van der Waals surface area contributed by atoms with Crippen LogP contribution >= 0.6 is 0 Å². The van der Waals surface area contributed by atoms with Gasteiger partial charge in [-0.15, -0.1) is 0 Å². The van der Waals surface area contributed by atoms with Crippen molar-refractivity contribution in [3.63, 3.8) is 0 Å². The van der Waals surface area contributed by atoms with Crippen LogP contribution in [0.5, 0.6) is 0 Å². The molecule has 0 radical (unpaired) electrons. The van der Waals surface area contributed by atoms with Gasteiger partial charge in [-0.3, -0.25) is 0 Å². The molecule has 2 aromatic rings. The monoisotopic (exact) mass is 204 g/mol. The Balaban J connectivity index is 2.58. The van der Waals surface area contributed by atoms with Crippen LogP contribution in [0.25, 0.3) is 11.3 Å². The number of nitrogens with zero attached hydrogens (tertiary/aromatic N) is 2. The molecule has 2 nitrogen and oxygen atoms in total. The molecule has 0 saturated heterocycles. The summed E-state index contributed by atoms with van der Waals surface area (Å²) in [5, 5.41) is 4.19. The predicted octanol–water partition coefficient (Wildman–Crippen LogP) is 2.79. The van der Waals surface area contributed by atoms with Gasteiger partial charge in [-0.2, -0.15) is 9.49 Å². The summed E-state index contributed by atoms with van der Waals surface area (Å²) in [5.41, 5.74) is 2.40. The highest BCUT2D eigenvalue weighted by Crippen LogP contribution is 2.24. The highest BCUT2D eigenvalue weighted by molar-refractivity contribution is 5.62. The van der Waals surface area contributed by atoms with E-state index < -0.39 is 0 Å². The van der Waals surface area contributed by atoms with Gasteiger partial charge in [0.25, 0.3) is 0 Å². The Morgan fingerprint density at radius 2 is 1.93 bits per heavy atom. The van der Waals surface area contributed by atoms with Crippen molar-refractivity contribution in [2.24, 2.45) is 7.05 Å². The van der Waals surface area contributed by atoms with E-state index in [1.807, 2.05) is 37.3 Å². The molecule has 0 spiro atoms. The molecule has 0 saturated carbocycles. The van der Waals surface area contributed by atoms with Crippen LogP contribution in [0, 0.1) is 5.95 Å². The number of hydrogen-bond donors (Lipinski definition) is 0. The van der Waals surface area contributed by atoms with Crippen molar-refractivity contribution >= 4 is 0 Å². The molecule has 1 aromatic heterocycles. The van der Waals surface area contributed by atoms with E-state index in [-0.39, 0.29) is 5.95 Å². The molecule has 15 heavy (non-hydrogen) atoms. The predicted molar refractivity (Wildman–Crippen MR) is 58.0 cm³/mol. The standard InChI is InChI=1S/C12H13FN2/c1-3-10-11(14-15(2)12(10)13)9-7-5-4-6-8-9/h4-8H,3H2,1-2H3. The molecule has 0 aliphatic rings. The van der Waals surface area contributed by atoms with E-state index >= 15 is 0 Å². The second kappa shape index (κ2) is 3.85. The second-order valence-electron chi connectivity index (χ2n) is 3.46. The van der Waals surface area contributed by atoms with Crippen LogP contribution in [0.15, 0.2) is 30.3 Å². The van der Waals surface area contributed by atoms with E-state index in [0.29, 0.717) is 12.0 Å². The van der Waals surface area contributed by atoms with Gasteiger partial charge in [0, 0.05) is 18.2 Å². The Hall–Kier alpha value is -1.64. The lowest BCUT2D eigenvalue weighted by molar-refractivity contribution is 0.496.